The Kier molecular flexibility index (Phi) is 6.05. The van der Waals surface area contributed by atoms with Crippen LogP contribution in [0.1, 0.15) is 43.8 Å². The van der Waals surface area contributed by atoms with E-state index in [0.717, 1.165) is 0 Å². The molecule has 0 aliphatic carbocycles. The lowest BCUT2D eigenvalue weighted by Crippen LogP contribution is -2.36. The summed E-state index contributed by atoms with van der Waals surface area (Å²) in [5, 5.41) is 20.9. The molecule has 0 radical (unpaired) electrons. The summed E-state index contributed by atoms with van der Waals surface area (Å²) in [7, 11) is 0. The maximum atomic E-state index is 12.2. The molecule has 3 aliphatic rings. The number of fused-ring (bicyclic) bond motifs is 1. The van der Waals surface area contributed by atoms with Crippen LogP contribution in [-0.2, 0) is 14.3 Å². The molecule has 0 bridgehead atoms. The van der Waals surface area contributed by atoms with Crippen molar-refractivity contribution in [2.45, 2.75) is 51.7 Å². The summed E-state index contributed by atoms with van der Waals surface area (Å²) >= 11 is 3.17. The van der Waals surface area contributed by atoms with Crippen LogP contribution in [0, 0.1) is 5.41 Å². The molecule has 164 valence electrons. The van der Waals surface area contributed by atoms with Crippen molar-refractivity contribution < 1.29 is 29.3 Å². The van der Waals surface area contributed by atoms with Crippen molar-refractivity contribution in [2.24, 2.45) is 11.1 Å². The number of anilines is 1. The van der Waals surface area contributed by atoms with E-state index in [0.29, 0.717) is 6.42 Å². The lowest BCUT2D eigenvalue weighted by Gasteiger charge is -2.23. The Bertz CT molecular complexity index is 948. The van der Waals surface area contributed by atoms with Gasteiger partial charge in [-0.3, -0.25) is 14.2 Å². The highest BCUT2D eigenvalue weighted by molar-refractivity contribution is 9.10. The molecule has 0 unspecified atom stereocenters. The third-order valence-corrected chi connectivity index (χ3v) is 5.95. The van der Waals surface area contributed by atoms with Crippen molar-refractivity contribution in [3.8, 4) is 11.4 Å². The number of rotatable bonds is 6. The SMILES string of the molecule is CCC(C)(C)C(=O)OC[C@@H]1O[C@H](n2cnc(N)c3c(C(N)=O)c(Br)nc2-3)[C@@H](O)[C@@H]1O. The van der Waals surface area contributed by atoms with Gasteiger partial charge in [0.25, 0.3) is 5.91 Å². The predicted molar refractivity (Wildman–Crippen MR) is 108 cm³/mol. The van der Waals surface area contributed by atoms with Crippen LogP contribution >= 0.6 is 15.9 Å². The maximum Gasteiger partial charge on any atom is 0.311 e. The molecule has 12 heteroatoms. The number of nitrogens with zero attached hydrogens (tertiary/aromatic N) is 3. The number of aromatic nitrogens is 3. The molecule has 0 aromatic heterocycles. The van der Waals surface area contributed by atoms with Crippen molar-refractivity contribution in [1.29, 1.82) is 0 Å². The first-order valence-corrected chi connectivity index (χ1v) is 10.1. The molecule has 11 nitrogen and oxygen atoms in total. The van der Waals surface area contributed by atoms with Crippen LogP contribution in [0.2, 0.25) is 0 Å². The fourth-order valence-electron chi connectivity index (χ4n) is 3.10. The van der Waals surface area contributed by atoms with Gasteiger partial charge in [0.1, 0.15) is 47.5 Å². The molecule has 4 atom stereocenters. The minimum absolute atomic E-state index is 0.0218. The molecule has 0 aromatic carbocycles. The zero-order valence-corrected chi connectivity index (χ0v) is 18.3. The summed E-state index contributed by atoms with van der Waals surface area (Å²) < 4.78 is 12.5. The van der Waals surface area contributed by atoms with E-state index in [1.54, 1.807) is 13.8 Å². The van der Waals surface area contributed by atoms with E-state index >= 15 is 0 Å². The van der Waals surface area contributed by atoms with Crippen LogP contribution in [0.3, 0.4) is 0 Å². The first kappa shape index (κ1) is 22.4. The van der Waals surface area contributed by atoms with E-state index in [9.17, 15) is 19.8 Å². The Hall–Kier alpha value is -2.28. The Balaban J connectivity index is 1.86. The summed E-state index contributed by atoms with van der Waals surface area (Å²) in [6, 6.07) is 0. The maximum absolute atomic E-state index is 12.2. The average molecular weight is 486 g/mol. The van der Waals surface area contributed by atoms with Crippen LogP contribution in [0.4, 0.5) is 5.82 Å². The van der Waals surface area contributed by atoms with Crippen LogP contribution in [0.25, 0.3) is 11.4 Å². The predicted octanol–water partition coefficient (Wildman–Crippen LogP) is 0.425. The summed E-state index contributed by atoms with van der Waals surface area (Å²) in [4.78, 5) is 32.3. The number of primary amides is 1. The molecule has 3 aliphatic heterocycles. The van der Waals surface area contributed by atoms with Crippen molar-refractivity contribution >= 4 is 33.6 Å². The Labute approximate surface area is 180 Å². The normalized spacial score (nSPS) is 24.3. The Morgan fingerprint density at radius 1 is 1.37 bits per heavy atom. The molecular formula is C18H24BrN5O6. The van der Waals surface area contributed by atoms with Gasteiger partial charge in [-0.25, -0.2) is 9.97 Å². The van der Waals surface area contributed by atoms with E-state index in [2.05, 4.69) is 25.9 Å². The second kappa shape index (κ2) is 8.10. The van der Waals surface area contributed by atoms with E-state index in [1.165, 1.54) is 10.9 Å². The van der Waals surface area contributed by atoms with Gasteiger partial charge in [-0.05, 0) is 36.2 Å². The summed E-state index contributed by atoms with van der Waals surface area (Å²) in [5.74, 6) is -0.986. The second-order valence-electron chi connectivity index (χ2n) is 7.76. The first-order chi connectivity index (χ1) is 14.0. The molecule has 6 N–H and O–H groups in total. The average Bonchev–Trinajstić information content (AvgIpc) is 3.18. The first-order valence-electron chi connectivity index (χ1n) is 9.29. The van der Waals surface area contributed by atoms with Crippen LogP contribution in [-0.4, -0.2) is 61.5 Å². The van der Waals surface area contributed by atoms with Crippen LogP contribution < -0.4 is 11.5 Å². The van der Waals surface area contributed by atoms with Crippen molar-refractivity contribution in [3.05, 3.63) is 16.5 Å². The molecule has 0 spiro atoms. The minimum atomic E-state index is -1.38. The van der Waals surface area contributed by atoms with Gasteiger partial charge >= 0.3 is 5.97 Å². The zero-order valence-electron chi connectivity index (χ0n) is 16.7. The van der Waals surface area contributed by atoms with E-state index in [-0.39, 0.29) is 34.0 Å². The second-order valence-corrected chi connectivity index (χ2v) is 8.51. The lowest BCUT2D eigenvalue weighted by atomic mass is 9.91. The minimum Gasteiger partial charge on any atom is -0.462 e. The number of carbonyl (C=O) groups excluding carboxylic acids is 2. The van der Waals surface area contributed by atoms with Gasteiger partial charge in [-0.1, -0.05) is 6.92 Å². The highest BCUT2D eigenvalue weighted by atomic mass is 79.9. The molecule has 30 heavy (non-hydrogen) atoms. The topological polar surface area (TPSA) is 176 Å². The lowest BCUT2D eigenvalue weighted by molar-refractivity contribution is -0.160. The molecule has 1 saturated heterocycles. The molecular weight excluding hydrogens is 462 g/mol. The molecule has 1 amide bonds. The van der Waals surface area contributed by atoms with Crippen molar-refractivity contribution in [2.75, 3.05) is 12.3 Å². The number of hydrogen-bond donors (Lipinski definition) is 4. The van der Waals surface area contributed by atoms with E-state index in [1.807, 2.05) is 6.92 Å². The number of nitrogen functional groups attached to an aromatic ring is 1. The van der Waals surface area contributed by atoms with E-state index in [4.69, 9.17) is 20.9 Å². The summed E-state index contributed by atoms with van der Waals surface area (Å²) in [6.45, 7) is 5.12. The summed E-state index contributed by atoms with van der Waals surface area (Å²) in [6.07, 6.45) is -2.94. The Morgan fingerprint density at radius 3 is 2.63 bits per heavy atom. The standard InChI is InChI=1S/C18H24BrN5O6/c1-4-18(2,3)17(28)29-5-7-10(25)11(26)16(30-7)24-6-22-13(20)9-8(14(21)27)12(19)23-15(9)24/h6-7,10-11,16,25-26H,4-5,20H2,1-3H3,(H2,21,27)/t7-,10+,11-,16-/m0/s1. The third-order valence-electron chi connectivity index (χ3n) is 5.38. The fourth-order valence-corrected chi connectivity index (χ4v) is 3.66. The van der Waals surface area contributed by atoms with Gasteiger partial charge in [-0.2, -0.15) is 0 Å². The Morgan fingerprint density at radius 2 is 2.03 bits per heavy atom. The quantitative estimate of drug-likeness (QED) is 0.422. The van der Waals surface area contributed by atoms with E-state index < -0.39 is 41.8 Å². The van der Waals surface area contributed by atoms with Gasteiger partial charge in [0.15, 0.2) is 6.23 Å². The number of esters is 1. The number of hydrogen-bond acceptors (Lipinski definition) is 9. The number of carbonyl (C=O) groups is 2. The number of nitrogens with two attached hydrogens (primary N) is 2. The van der Waals surface area contributed by atoms with Gasteiger partial charge in [0, 0.05) is 0 Å². The van der Waals surface area contributed by atoms with Gasteiger partial charge in [0.2, 0.25) is 0 Å². The van der Waals surface area contributed by atoms with Crippen LogP contribution in [0.15, 0.2) is 10.9 Å². The number of amides is 1. The van der Waals surface area contributed by atoms with Crippen molar-refractivity contribution in [1.82, 2.24) is 14.5 Å². The molecule has 1 fully saturated rings. The number of aliphatic hydroxyl groups excluding tert-OH is 2. The fraction of sp³-hybridized carbons (Fsp3) is 0.556. The number of halogens is 1. The molecule has 3 heterocycles. The van der Waals surface area contributed by atoms with Crippen LogP contribution in [0.5, 0.6) is 0 Å². The highest BCUT2D eigenvalue weighted by Crippen LogP contribution is 2.39. The summed E-state index contributed by atoms with van der Waals surface area (Å²) in [5.41, 5.74) is 10.9. The smallest absolute Gasteiger partial charge is 0.311 e. The molecule has 0 aromatic rings. The van der Waals surface area contributed by atoms with Crippen molar-refractivity contribution in [3.63, 3.8) is 0 Å². The molecule has 0 saturated carbocycles. The monoisotopic (exact) mass is 485 g/mol. The number of aliphatic hydroxyl groups is 2. The highest BCUT2D eigenvalue weighted by Gasteiger charge is 2.46. The zero-order chi connectivity index (χ0) is 22.4. The van der Waals surface area contributed by atoms with Gasteiger partial charge in [-0.15, -0.1) is 0 Å². The van der Waals surface area contributed by atoms with Gasteiger partial charge in [0.05, 0.1) is 16.5 Å². The number of ether oxygens (including phenoxy) is 2. The molecule has 3 rings (SSSR count). The van der Waals surface area contributed by atoms with Gasteiger partial charge < -0.3 is 31.2 Å². The third kappa shape index (κ3) is 3.75. The largest absolute Gasteiger partial charge is 0.462 e.